The number of benzene rings is 1. The summed E-state index contributed by atoms with van der Waals surface area (Å²) in [7, 11) is 0. The van der Waals surface area contributed by atoms with Gasteiger partial charge >= 0.3 is 12.2 Å². The number of hydrogen-bond acceptors (Lipinski definition) is 6. The van der Waals surface area contributed by atoms with Crippen LogP contribution in [-0.4, -0.2) is 60.0 Å². The second-order valence-corrected chi connectivity index (χ2v) is 6.26. The highest BCUT2D eigenvalue weighted by molar-refractivity contribution is 5.95. The molecule has 3 rings (SSSR count). The van der Waals surface area contributed by atoms with E-state index >= 15 is 0 Å². The quantitative estimate of drug-likeness (QED) is 0.770. The number of hydrogen-bond donors (Lipinski definition) is 2. The van der Waals surface area contributed by atoms with E-state index in [0.29, 0.717) is 38.2 Å². The SMILES string of the molecule is NCc1ccc(N2CC(C(=O)N3CCC(OC(=O)O)CC3)OC2=O)cc1. The summed E-state index contributed by atoms with van der Waals surface area (Å²) < 4.78 is 9.97. The highest BCUT2D eigenvalue weighted by Crippen LogP contribution is 2.24. The molecule has 0 spiro atoms. The van der Waals surface area contributed by atoms with E-state index in [2.05, 4.69) is 0 Å². The van der Waals surface area contributed by atoms with Crippen LogP contribution < -0.4 is 10.6 Å². The summed E-state index contributed by atoms with van der Waals surface area (Å²) >= 11 is 0. The van der Waals surface area contributed by atoms with Crippen molar-refractivity contribution in [2.75, 3.05) is 24.5 Å². The van der Waals surface area contributed by atoms with Crippen molar-refractivity contribution in [1.82, 2.24) is 4.90 Å². The maximum absolute atomic E-state index is 12.6. The van der Waals surface area contributed by atoms with Crippen molar-refractivity contribution in [1.29, 1.82) is 0 Å². The fraction of sp³-hybridized carbons (Fsp3) is 0.471. The van der Waals surface area contributed by atoms with E-state index in [9.17, 15) is 14.4 Å². The minimum Gasteiger partial charge on any atom is -0.450 e. The van der Waals surface area contributed by atoms with Gasteiger partial charge in [0.05, 0.1) is 6.54 Å². The lowest BCUT2D eigenvalue weighted by Crippen LogP contribution is -2.46. The van der Waals surface area contributed by atoms with E-state index < -0.39 is 24.5 Å². The molecule has 3 N–H and O–H groups in total. The fourth-order valence-corrected chi connectivity index (χ4v) is 3.15. The third kappa shape index (κ3) is 3.88. The first-order chi connectivity index (χ1) is 12.5. The van der Waals surface area contributed by atoms with Gasteiger partial charge in [-0.1, -0.05) is 12.1 Å². The van der Waals surface area contributed by atoms with Gasteiger partial charge in [-0.15, -0.1) is 0 Å². The molecule has 2 aliphatic heterocycles. The molecule has 0 aromatic heterocycles. The number of cyclic esters (lactones) is 1. The van der Waals surface area contributed by atoms with Crippen LogP contribution in [-0.2, 0) is 20.8 Å². The Labute approximate surface area is 150 Å². The Morgan fingerprint density at radius 1 is 1.23 bits per heavy atom. The molecule has 1 unspecified atom stereocenters. The Balaban J connectivity index is 1.58. The first-order valence-corrected chi connectivity index (χ1v) is 8.43. The number of likely N-dealkylation sites (tertiary alicyclic amines) is 1. The van der Waals surface area contributed by atoms with Crippen molar-refractivity contribution in [3.63, 3.8) is 0 Å². The number of carboxylic acid groups (broad SMARTS) is 1. The first-order valence-electron chi connectivity index (χ1n) is 8.43. The average Bonchev–Trinajstić information content (AvgIpc) is 3.03. The summed E-state index contributed by atoms with van der Waals surface area (Å²) in [6.45, 7) is 1.30. The Morgan fingerprint density at radius 2 is 1.88 bits per heavy atom. The zero-order valence-electron chi connectivity index (χ0n) is 14.2. The lowest BCUT2D eigenvalue weighted by Gasteiger charge is -2.32. The number of amides is 2. The molecule has 1 atom stereocenters. The largest absolute Gasteiger partial charge is 0.506 e. The third-order valence-electron chi connectivity index (χ3n) is 4.59. The third-order valence-corrected chi connectivity index (χ3v) is 4.59. The summed E-state index contributed by atoms with van der Waals surface area (Å²) in [5.41, 5.74) is 7.16. The van der Waals surface area contributed by atoms with Crippen LogP contribution in [0.2, 0.25) is 0 Å². The van der Waals surface area contributed by atoms with Gasteiger partial charge in [0.15, 0.2) is 6.10 Å². The minimum absolute atomic E-state index is 0.144. The number of nitrogens with two attached hydrogens (primary N) is 1. The number of anilines is 1. The molecule has 1 aromatic carbocycles. The first kappa shape index (κ1) is 18.0. The molecule has 2 heterocycles. The Morgan fingerprint density at radius 3 is 2.46 bits per heavy atom. The van der Waals surface area contributed by atoms with Gasteiger partial charge in [-0.25, -0.2) is 9.59 Å². The summed E-state index contributed by atoms with van der Waals surface area (Å²) in [6.07, 6.45) is -2.27. The van der Waals surface area contributed by atoms with E-state index in [0.717, 1.165) is 5.56 Å². The van der Waals surface area contributed by atoms with Crippen LogP contribution in [0.5, 0.6) is 0 Å². The molecule has 1 aromatic rings. The molecule has 0 radical (unpaired) electrons. The van der Waals surface area contributed by atoms with Crippen LogP contribution in [0.15, 0.2) is 24.3 Å². The van der Waals surface area contributed by atoms with Crippen molar-refractivity contribution < 1.29 is 29.0 Å². The van der Waals surface area contributed by atoms with Crippen LogP contribution in [0.4, 0.5) is 15.3 Å². The second-order valence-electron chi connectivity index (χ2n) is 6.26. The Bertz CT molecular complexity index is 684. The minimum atomic E-state index is -1.31. The van der Waals surface area contributed by atoms with Crippen molar-refractivity contribution >= 4 is 23.8 Å². The molecule has 2 saturated heterocycles. The second kappa shape index (κ2) is 7.61. The van der Waals surface area contributed by atoms with E-state index in [1.807, 2.05) is 12.1 Å². The lowest BCUT2D eigenvalue weighted by molar-refractivity contribution is -0.140. The highest BCUT2D eigenvalue weighted by Gasteiger charge is 2.40. The van der Waals surface area contributed by atoms with E-state index in [4.69, 9.17) is 20.3 Å². The van der Waals surface area contributed by atoms with Gasteiger partial charge in [0.25, 0.3) is 5.91 Å². The van der Waals surface area contributed by atoms with Gasteiger partial charge in [-0.3, -0.25) is 9.69 Å². The fourth-order valence-electron chi connectivity index (χ4n) is 3.15. The van der Waals surface area contributed by atoms with Crippen LogP contribution in [0, 0.1) is 0 Å². The number of rotatable bonds is 4. The normalized spacial score (nSPS) is 20.8. The maximum Gasteiger partial charge on any atom is 0.506 e. The molecular weight excluding hydrogens is 342 g/mol. The molecule has 2 aliphatic rings. The molecule has 0 bridgehead atoms. The van der Waals surface area contributed by atoms with Crippen LogP contribution in [0.1, 0.15) is 18.4 Å². The molecule has 9 nitrogen and oxygen atoms in total. The van der Waals surface area contributed by atoms with Gasteiger partial charge in [-0.05, 0) is 17.7 Å². The van der Waals surface area contributed by atoms with E-state index in [1.165, 1.54) is 4.90 Å². The zero-order chi connectivity index (χ0) is 18.7. The van der Waals surface area contributed by atoms with Crippen LogP contribution in [0.3, 0.4) is 0 Å². The number of nitrogens with zero attached hydrogens (tertiary/aromatic N) is 2. The number of piperidine rings is 1. The average molecular weight is 363 g/mol. The molecule has 2 amide bonds. The predicted molar refractivity (Wildman–Crippen MR) is 90.7 cm³/mol. The van der Waals surface area contributed by atoms with Gasteiger partial charge in [0.1, 0.15) is 6.10 Å². The maximum atomic E-state index is 12.6. The molecule has 26 heavy (non-hydrogen) atoms. The summed E-state index contributed by atoms with van der Waals surface area (Å²) in [5.74, 6) is -0.270. The summed E-state index contributed by atoms with van der Waals surface area (Å²) in [5, 5.41) is 8.64. The standard InChI is InChI=1S/C17H21N3O6/c18-9-11-1-3-12(4-2-11)20-10-14(26-16(20)22)15(21)19-7-5-13(6-8-19)25-17(23)24/h1-4,13-14H,5-10,18H2,(H,23,24). The summed E-state index contributed by atoms with van der Waals surface area (Å²) in [6, 6.07) is 7.19. The number of carbonyl (C=O) groups excluding carboxylic acids is 2. The smallest absolute Gasteiger partial charge is 0.450 e. The molecule has 0 saturated carbocycles. The molecule has 0 aliphatic carbocycles. The summed E-state index contributed by atoms with van der Waals surface area (Å²) in [4.78, 5) is 38.3. The molecule has 140 valence electrons. The lowest BCUT2D eigenvalue weighted by atomic mass is 10.1. The molecule has 2 fully saturated rings. The van der Waals surface area contributed by atoms with Gasteiger partial charge in [0.2, 0.25) is 0 Å². The van der Waals surface area contributed by atoms with Crippen molar-refractivity contribution in [2.24, 2.45) is 5.73 Å². The number of ether oxygens (including phenoxy) is 2. The Hall–Kier alpha value is -2.81. The monoisotopic (exact) mass is 363 g/mol. The Kier molecular flexibility index (Phi) is 5.27. The van der Waals surface area contributed by atoms with Crippen LogP contribution >= 0.6 is 0 Å². The molecule has 9 heteroatoms. The van der Waals surface area contributed by atoms with Crippen LogP contribution in [0.25, 0.3) is 0 Å². The van der Waals surface area contributed by atoms with Crippen molar-refractivity contribution in [3.05, 3.63) is 29.8 Å². The topological polar surface area (TPSA) is 122 Å². The van der Waals surface area contributed by atoms with Crippen molar-refractivity contribution in [2.45, 2.75) is 31.6 Å². The van der Waals surface area contributed by atoms with E-state index in [-0.39, 0.29) is 12.5 Å². The predicted octanol–water partition coefficient (Wildman–Crippen LogP) is 1.16. The number of carbonyl (C=O) groups is 3. The van der Waals surface area contributed by atoms with Gasteiger partial charge in [0, 0.05) is 38.2 Å². The highest BCUT2D eigenvalue weighted by atomic mass is 16.7. The van der Waals surface area contributed by atoms with Crippen molar-refractivity contribution in [3.8, 4) is 0 Å². The van der Waals surface area contributed by atoms with E-state index in [1.54, 1.807) is 17.0 Å². The van der Waals surface area contributed by atoms with Gasteiger partial charge < -0.3 is 25.2 Å². The molecular formula is C17H21N3O6. The van der Waals surface area contributed by atoms with Gasteiger partial charge in [-0.2, -0.15) is 0 Å². The zero-order valence-corrected chi connectivity index (χ0v) is 14.2.